The summed E-state index contributed by atoms with van der Waals surface area (Å²) in [5.41, 5.74) is 2.68. The Morgan fingerprint density at radius 1 is 1.16 bits per heavy atom. The van der Waals surface area contributed by atoms with Crippen molar-refractivity contribution in [3.8, 4) is 6.07 Å². The summed E-state index contributed by atoms with van der Waals surface area (Å²) in [6.07, 6.45) is 3.49. The molecule has 0 atom stereocenters. The second-order valence-corrected chi connectivity index (χ2v) is 9.42. The van der Waals surface area contributed by atoms with Crippen molar-refractivity contribution < 1.29 is 13.9 Å². The molecule has 4 rings (SSSR count). The monoisotopic (exact) mass is 433 g/mol. The summed E-state index contributed by atoms with van der Waals surface area (Å²) < 4.78 is 21.9. The molecular formula is C26H28FN3O2. The first-order chi connectivity index (χ1) is 15.2. The Labute approximate surface area is 188 Å². The normalized spacial score (nSPS) is 15.0. The number of benzene rings is 2. The Kier molecular flexibility index (Phi) is 5.92. The van der Waals surface area contributed by atoms with E-state index in [2.05, 4.69) is 18.2 Å². The summed E-state index contributed by atoms with van der Waals surface area (Å²) >= 11 is 0. The maximum absolute atomic E-state index is 14.4. The molecule has 32 heavy (non-hydrogen) atoms. The van der Waals surface area contributed by atoms with E-state index in [4.69, 9.17) is 10.00 Å². The maximum Gasteiger partial charge on any atom is 0.410 e. The first-order valence-electron chi connectivity index (χ1n) is 11.0. The number of halogens is 1. The molecule has 6 heteroatoms. The van der Waals surface area contributed by atoms with Gasteiger partial charge < -0.3 is 14.2 Å². The zero-order valence-electron chi connectivity index (χ0n) is 18.8. The highest BCUT2D eigenvalue weighted by Crippen LogP contribution is 2.31. The third kappa shape index (κ3) is 4.77. The number of nitrogens with zero attached hydrogens (tertiary/aromatic N) is 3. The molecule has 0 spiro atoms. The average molecular weight is 434 g/mol. The SMILES string of the molecule is CC(C)(C)OC(=O)N1CCC(c2ccc3ccn(Cc4ccc(C#N)cc4F)c3c2)CC1. The molecule has 1 amide bonds. The third-order valence-corrected chi connectivity index (χ3v) is 5.94. The smallest absolute Gasteiger partial charge is 0.410 e. The summed E-state index contributed by atoms with van der Waals surface area (Å²) in [5.74, 6) is 0.00431. The van der Waals surface area contributed by atoms with Crippen LogP contribution in [0.5, 0.6) is 0 Å². The van der Waals surface area contributed by atoms with Gasteiger partial charge in [0, 0.05) is 30.4 Å². The van der Waals surface area contributed by atoms with Gasteiger partial charge in [-0.15, -0.1) is 0 Å². The van der Waals surface area contributed by atoms with E-state index in [0.717, 1.165) is 23.7 Å². The number of carbonyl (C=O) groups excluding carboxylic acids is 1. The highest BCUT2D eigenvalue weighted by molar-refractivity contribution is 5.81. The molecule has 1 aromatic heterocycles. The van der Waals surface area contributed by atoms with E-state index in [-0.39, 0.29) is 11.9 Å². The molecule has 0 unspecified atom stereocenters. The Morgan fingerprint density at radius 3 is 2.56 bits per heavy atom. The van der Waals surface area contributed by atoms with Gasteiger partial charge in [-0.05, 0) is 74.7 Å². The van der Waals surface area contributed by atoms with Gasteiger partial charge in [-0.25, -0.2) is 9.18 Å². The van der Waals surface area contributed by atoms with E-state index in [1.54, 1.807) is 17.0 Å². The predicted octanol–water partition coefficient (Wildman–Crippen LogP) is 5.81. The zero-order valence-corrected chi connectivity index (χ0v) is 18.8. The number of rotatable bonds is 3. The molecule has 2 heterocycles. The van der Waals surface area contributed by atoms with Crippen molar-refractivity contribution in [2.24, 2.45) is 0 Å². The van der Waals surface area contributed by atoms with Crippen LogP contribution in [0, 0.1) is 17.1 Å². The van der Waals surface area contributed by atoms with Gasteiger partial charge in [-0.2, -0.15) is 5.26 Å². The molecule has 0 radical (unpaired) electrons. The van der Waals surface area contributed by atoms with Crippen LogP contribution in [0.4, 0.5) is 9.18 Å². The van der Waals surface area contributed by atoms with Crippen LogP contribution in [0.1, 0.15) is 56.2 Å². The predicted molar refractivity (Wildman–Crippen MR) is 122 cm³/mol. The Hall–Kier alpha value is -3.33. The summed E-state index contributed by atoms with van der Waals surface area (Å²) in [6, 6.07) is 15.1. The summed E-state index contributed by atoms with van der Waals surface area (Å²) in [5, 5.41) is 10.1. The van der Waals surface area contributed by atoms with Crippen molar-refractivity contribution in [3.05, 3.63) is 71.2 Å². The van der Waals surface area contributed by atoms with Crippen LogP contribution in [-0.2, 0) is 11.3 Å². The molecule has 2 aromatic carbocycles. The topological polar surface area (TPSA) is 58.3 Å². The van der Waals surface area contributed by atoms with E-state index in [0.29, 0.717) is 36.7 Å². The molecule has 1 fully saturated rings. The van der Waals surface area contributed by atoms with E-state index >= 15 is 0 Å². The van der Waals surface area contributed by atoms with Gasteiger partial charge in [-0.3, -0.25) is 0 Å². The molecule has 3 aromatic rings. The first kappa shape index (κ1) is 21.9. The second-order valence-electron chi connectivity index (χ2n) is 9.42. The third-order valence-electron chi connectivity index (χ3n) is 5.94. The van der Waals surface area contributed by atoms with Crippen LogP contribution in [0.15, 0.2) is 48.7 Å². The second kappa shape index (κ2) is 8.66. The van der Waals surface area contributed by atoms with Gasteiger partial charge in [-0.1, -0.05) is 18.2 Å². The number of aromatic nitrogens is 1. The number of hydrogen-bond acceptors (Lipinski definition) is 3. The molecule has 5 nitrogen and oxygen atoms in total. The van der Waals surface area contributed by atoms with Crippen molar-refractivity contribution in [1.29, 1.82) is 5.26 Å². The minimum Gasteiger partial charge on any atom is -0.444 e. The molecule has 0 N–H and O–H groups in total. The van der Waals surface area contributed by atoms with Crippen LogP contribution in [-0.4, -0.2) is 34.3 Å². The molecule has 1 saturated heterocycles. The Morgan fingerprint density at radius 2 is 1.91 bits per heavy atom. The quantitative estimate of drug-likeness (QED) is 0.523. The van der Waals surface area contributed by atoms with Crippen molar-refractivity contribution in [2.75, 3.05) is 13.1 Å². The molecule has 166 valence electrons. The highest BCUT2D eigenvalue weighted by Gasteiger charge is 2.27. The summed E-state index contributed by atoms with van der Waals surface area (Å²) in [7, 11) is 0. The number of carbonyl (C=O) groups is 1. The van der Waals surface area contributed by atoms with Gasteiger partial charge >= 0.3 is 6.09 Å². The number of piperidine rings is 1. The lowest BCUT2D eigenvalue weighted by atomic mass is 9.89. The van der Waals surface area contributed by atoms with Crippen LogP contribution >= 0.6 is 0 Å². The van der Waals surface area contributed by atoms with Crippen molar-refractivity contribution in [1.82, 2.24) is 9.47 Å². The fraction of sp³-hybridized carbons (Fsp3) is 0.385. The maximum atomic E-state index is 14.4. The average Bonchev–Trinajstić information content (AvgIpc) is 3.16. The first-order valence-corrected chi connectivity index (χ1v) is 11.0. The van der Waals surface area contributed by atoms with Crippen molar-refractivity contribution in [2.45, 2.75) is 51.7 Å². The lowest BCUT2D eigenvalue weighted by Gasteiger charge is -2.33. The molecule has 1 aliphatic heterocycles. The van der Waals surface area contributed by atoms with Gasteiger partial charge in [0.05, 0.1) is 18.2 Å². The number of fused-ring (bicyclic) bond motifs is 1. The van der Waals surface area contributed by atoms with Gasteiger partial charge in [0.1, 0.15) is 11.4 Å². The standard InChI is InChI=1S/C26H28FN3O2/c1-26(2,3)32-25(31)29-11-8-19(9-12-29)21-7-6-20-10-13-30(24(20)15-21)17-22-5-4-18(16-28)14-23(22)27/h4-7,10,13-15,19H,8-9,11-12,17H2,1-3H3. The molecule has 0 bridgehead atoms. The number of nitriles is 1. The minimum atomic E-state index is -0.487. The highest BCUT2D eigenvalue weighted by atomic mass is 19.1. The lowest BCUT2D eigenvalue weighted by molar-refractivity contribution is 0.0205. The molecule has 0 aliphatic carbocycles. The van der Waals surface area contributed by atoms with Gasteiger partial charge in [0.2, 0.25) is 0 Å². The Bertz CT molecular complexity index is 1180. The Balaban J connectivity index is 1.49. The van der Waals surface area contributed by atoms with E-state index in [9.17, 15) is 9.18 Å². The van der Waals surface area contributed by atoms with Crippen molar-refractivity contribution in [3.63, 3.8) is 0 Å². The van der Waals surface area contributed by atoms with E-state index < -0.39 is 5.60 Å². The van der Waals surface area contributed by atoms with Crippen LogP contribution in [0.2, 0.25) is 0 Å². The number of amides is 1. The largest absolute Gasteiger partial charge is 0.444 e. The van der Waals surface area contributed by atoms with Gasteiger partial charge in [0.25, 0.3) is 0 Å². The molecule has 0 saturated carbocycles. The number of ether oxygens (including phenoxy) is 1. The van der Waals surface area contributed by atoms with E-state index in [1.165, 1.54) is 11.6 Å². The molecule has 1 aliphatic rings. The van der Waals surface area contributed by atoms with Crippen LogP contribution in [0.3, 0.4) is 0 Å². The summed E-state index contributed by atoms with van der Waals surface area (Å²) in [4.78, 5) is 14.1. The summed E-state index contributed by atoms with van der Waals surface area (Å²) in [6.45, 7) is 7.40. The number of hydrogen-bond donors (Lipinski definition) is 0. The van der Waals surface area contributed by atoms with Crippen molar-refractivity contribution >= 4 is 17.0 Å². The fourth-order valence-electron chi connectivity index (χ4n) is 4.24. The fourth-order valence-corrected chi connectivity index (χ4v) is 4.24. The zero-order chi connectivity index (χ0) is 22.9. The van der Waals surface area contributed by atoms with Gasteiger partial charge in [0.15, 0.2) is 0 Å². The van der Waals surface area contributed by atoms with Crippen LogP contribution in [0.25, 0.3) is 10.9 Å². The lowest BCUT2D eigenvalue weighted by Crippen LogP contribution is -2.41. The van der Waals surface area contributed by atoms with E-state index in [1.807, 2.05) is 43.7 Å². The van der Waals surface area contributed by atoms with Crippen LogP contribution < -0.4 is 0 Å². The number of likely N-dealkylation sites (tertiary alicyclic amines) is 1. The minimum absolute atomic E-state index is 0.246. The molecular weight excluding hydrogens is 405 g/mol.